The minimum Gasteiger partial charge on any atom is -0.294 e. The zero-order chi connectivity index (χ0) is 23.0. The van der Waals surface area contributed by atoms with Crippen LogP contribution in [-0.4, -0.2) is 15.1 Å². The second kappa shape index (κ2) is 6.54. The minimum atomic E-state index is -4.51. The fourth-order valence-corrected chi connectivity index (χ4v) is 4.85. The van der Waals surface area contributed by atoms with Crippen molar-refractivity contribution in [3.05, 3.63) is 85.9 Å². The van der Waals surface area contributed by atoms with Gasteiger partial charge in [0.2, 0.25) is 0 Å². The van der Waals surface area contributed by atoms with Gasteiger partial charge in [-0.25, -0.2) is 9.36 Å². The zero-order valence-electron chi connectivity index (χ0n) is 17.4. The summed E-state index contributed by atoms with van der Waals surface area (Å²) >= 11 is 0. The van der Waals surface area contributed by atoms with Crippen LogP contribution in [0.15, 0.2) is 63.7 Å². The van der Waals surface area contributed by atoms with E-state index in [0.29, 0.717) is 23.3 Å². The standard InChI is InChI=1S/C24H19F3N2O3/c1-23(2)11-17-19(18(30)12-23)20(13-7-9-14(10-8-13)24(25,26)27)29-22(32)16-6-4-3-5-15(16)21(31)28(17)29/h3-10,20H,11-12H2,1-2H3. The van der Waals surface area contributed by atoms with Crippen molar-refractivity contribution >= 4 is 22.3 Å². The van der Waals surface area contributed by atoms with Gasteiger partial charge in [-0.1, -0.05) is 38.1 Å². The molecule has 32 heavy (non-hydrogen) atoms. The van der Waals surface area contributed by atoms with Crippen molar-refractivity contribution in [2.24, 2.45) is 5.41 Å². The molecule has 5 nitrogen and oxygen atoms in total. The van der Waals surface area contributed by atoms with Crippen LogP contribution in [0.3, 0.4) is 0 Å². The lowest BCUT2D eigenvalue weighted by Crippen LogP contribution is -2.37. The number of halogens is 3. The van der Waals surface area contributed by atoms with Crippen LogP contribution in [0.4, 0.5) is 13.2 Å². The van der Waals surface area contributed by atoms with Crippen LogP contribution in [0, 0.1) is 5.41 Å². The third-order valence-corrected chi connectivity index (χ3v) is 6.23. The van der Waals surface area contributed by atoms with E-state index in [0.717, 1.165) is 12.1 Å². The van der Waals surface area contributed by atoms with Crippen molar-refractivity contribution in [2.45, 2.75) is 38.9 Å². The molecule has 5 rings (SSSR count). The molecule has 1 aliphatic heterocycles. The number of hydrogen-bond acceptors (Lipinski definition) is 3. The molecule has 0 amide bonds. The molecule has 2 aromatic carbocycles. The van der Waals surface area contributed by atoms with Crippen molar-refractivity contribution < 1.29 is 18.0 Å². The quantitative estimate of drug-likeness (QED) is 0.564. The molecule has 0 fully saturated rings. The minimum absolute atomic E-state index is 0.206. The van der Waals surface area contributed by atoms with Gasteiger partial charge < -0.3 is 0 Å². The second-order valence-electron chi connectivity index (χ2n) is 9.14. The summed E-state index contributed by atoms with van der Waals surface area (Å²) in [6.07, 6.45) is -3.89. The van der Waals surface area contributed by atoms with Crippen molar-refractivity contribution in [3.63, 3.8) is 0 Å². The normalized spacial score (nSPS) is 19.9. The van der Waals surface area contributed by atoms with Gasteiger partial charge in [-0.2, -0.15) is 13.2 Å². The first-order chi connectivity index (χ1) is 15.0. The summed E-state index contributed by atoms with van der Waals surface area (Å²) in [5, 5.41) is 0.446. The molecule has 1 aliphatic carbocycles. The summed E-state index contributed by atoms with van der Waals surface area (Å²) in [5.74, 6) is -0.208. The molecule has 1 aromatic heterocycles. The van der Waals surface area contributed by atoms with Crippen LogP contribution in [-0.2, 0) is 11.0 Å². The molecule has 0 saturated carbocycles. The number of hydrogen-bond donors (Lipinski definition) is 0. The number of carbonyl (C=O) groups is 1. The van der Waals surface area contributed by atoms with Gasteiger partial charge >= 0.3 is 6.18 Å². The monoisotopic (exact) mass is 440 g/mol. The van der Waals surface area contributed by atoms with Gasteiger partial charge in [0.25, 0.3) is 11.1 Å². The van der Waals surface area contributed by atoms with E-state index in [-0.39, 0.29) is 23.0 Å². The van der Waals surface area contributed by atoms with E-state index < -0.39 is 34.3 Å². The summed E-state index contributed by atoms with van der Waals surface area (Å²) < 4.78 is 41.7. The Morgan fingerprint density at radius 2 is 1.47 bits per heavy atom. The molecular weight excluding hydrogens is 421 g/mol. The Morgan fingerprint density at radius 3 is 2.06 bits per heavy atom. The van der Waals surface area contributed by atoms with E-state index >= 15 is 0 Å². The number of carbonyl (C=O) groups excluding carboxylic acids is 1. The molecule has 0 saturated heterocycles. The van der Waals surface area contributed by atoms with Gasteiger partial charge in [0.05, 0.1) is 22.0 Å². The van der Waals surface area contributed by atoms with Crippen LogP contribution in [0.1, 0.15) is 43.9 Å². The van der Waals surface area contributed by atoms with E-state index in [1.54, 1.807) is 24.3 Å². The maximum absolute atomic E-state index is 13.5. The van der Waals surface area contributed by atoms with Crippen LogP contribution >= 0.6 is 0 Å². The zero-order valence-corrected chi connectivity index (χ0v) is 17.4. The van der Waals surface area contributed by atoms with Crippen LogP contribution in [0.25, 0.3) is 16.5 Å². The summed E-state index contributed by atoms with van der Waals surface area (Å²) in [4.78, 5) is 40.1. The molecular formula is C24H19F3N2O3. The van der Waals surface area contributed by atoms with Crippen LogP contribution in [0.5, 0.6) is 0 Å². The van der Waals surface area contributed by atoms with Gasteiger partial charge in [0.1, 0.15) is 6.04 Å². The van der Waals surface area contributed by atoms with Gasteiger partial charge in [-0.15, -0.1) is 0 Å². The lowest BCUT2D eigenvalue weighted by molar-refractivity contribution is -0.137. The largest absolute Gasteiger partial charge is 0.416 e. The maximum atomic E-state index is 13.5. The third-order valence-electron chi connectivity index (χ3n) is 6.23. The van der Waals surface area contributed by atoms with Crippen molar-refractivity contribution in [3.8, 4) is 0 Å². The first-order valence-electron chi connectivity index (χ1n) is 10.2. The number of aromatic nitrogens is 2. The van der Waals surface area contributed by atoms with E-state index in [9.17, 15) is 27.6 Å². The third kappa shape index (κ3) is 2.89. The van der Waals surface area contributed by atoms with Gasteiger partial charge in [0, 0.05) is 12.0 Å². The average molecular weight is 440 g/mol. The van der Waals surface area contributed by atoms with E-state index in [1.165, 1.54) is 21.5 Å². The molecule has 1 atom stereocenters. The number of allylic oxidation sites excluding steroid dienone is 2. The Morgan fingerprint density at radius 1 is 0.875 bits per heavy atom. The van der Waals surface area contributed by atoms with E-state index in [2.05, 4.69) is 0 Å². The van der Waals surface area contributed by atoms with Crippen molar-refractivity contribution in [2.75, 3.05) is 0 Å². The molecule has 0 spiro atoms. The second-order valence-corrected chi connectivity index (χ2v) is 9.14. The van der Waals surface area contributed by atoms with E-state index in [1.807, 2.05) is 13.8 Å². The van der Waals surface area contributed by atoms with Crippen LogP contribution in [0.2, 0.25) is 0 Å². The topological polar surface area (TPSA) is 61.1 Å². The van der Waals surface area contributed by atoms with Crippen LogP contribution < -0.4 is 11.1 Å². The summed E-state index contributed by atoms with van der Waals surface area (Å²) in [7, 11) is 0. The predicted octanol–water partition coefficient (Wildman–Crippen LogP) is 4.39. The van der Waals surface area contributed by atoms with Gasteiger partial charge in [-0.05, 0) is 41.7 Å². The Bertz CT molecular complexity index is 1440. The number of nitrogens with zero attached hydrogens (tertiary/aromatic N) is 2. The fourth-order valence-electron chi connectivity index (χ4n) is 4.85. The molecule has 2 aliphatic rings. The Kier molecular flexibility index (Phi) is 4.19. The molecule has 0 radical (unpaired) electrons. The molecule has 3 aromatic rings. The van der Waals surface area contributed by atoms with Gasteiger partial charge in [-0.3, -0.25) is 14.4 Å². The predicted molar refractivity (Wildman–Crippen MR) is 113 cm³/mol. The number of fused-ring (bicyclic) bond motifs is 3. The number of Topliss-reactive ketones (excluding diaryl/α,β-unsaturated/α-hetero) is 1. The summed E-state index contributed by atoms with van der Waals surface area (Å²) in [6.45, 7) is 3.82. The fraction of sp³-hybridized carbons (Fsp3) is 0.292. The molecule has 0 bridgehead atoms. The highest BCUT2D eigenvalue weighted by atomic mass is 19.4. The number of ketones is 1. The first kappa shape index (κ1) is 20.5. The SMILES string of the molecule is CC1(C)CC(=O)C2=C(C1)n1c(=O)c3ccccc3c(=O)n1C2c1ccc(C(F)(F)F)cc1. The Hall–Kier alpha value is -3.42. The highest BCUT2D eigenvalue weighted by Crippen LogP contribution is 2.47. The highest BCUT2D eigenvalue weighted by Gasteiger charge is 2.44. The van der Waals surface area contributed by atoms with Gasteiger partial charge in [0.15, 0.2) is 5.78 Å². The lowest BCUT2D eigenvalue weighted by Gasteiger charge is -2.30. The maximum Gasteiger partial charge on any atom is 0.416 e. The number of alkyl halides is 3. The molecule has 0 N–H and O–H groups in total. The number of rotatable bonds is 1. The van der Waals surface area contributed by atoms with Crippen molar-refractivity contribution in [1.82, 2.24) is 9.36 Å². The van der Waals surface area contributed by atoms with Crippen molar-refractivity contribution in [1.29, 1.82) is 0 Å². The highest BCUT2D eigenvalue weighted by molar-refractivity contribution is 6.04. The molecule has 8 heteroatoms. The molecule has 1 unspecified atom stereocenters. The Labute approximate surface area is 180 Å². The lowest BCUT2D eigenvalue weighted by atomic mass is 9.74. The summed E-state index contributed by atoms with van der Waals surface area (Å²) in [6, 6.07) is 9.85. The first-order valence-corrected chi connectivity index (χ1v) is 10.2. The smallest absolute Gasteiger partial charge is 0.294 e. The summed E-state index contributed by atoms with van der Waals surface area (Å²) in [5.41, 5.74) is -1.04. The number of benzene rings is 2. The molecule has 164 valence electrons. The molecule has 2 heterocycles. The Balaban J connectivity index is 1.84. The average Bonchev–Trinajstić information content (AvgIpc) is 3.06. The van der Waals surface area contributed by atoms with E-state index in [4.69, 9.17) is 0 Å².